The van der Waals surface area contributed by atoms with Crippen molar-refractivity contribution in [3.8, 4) is 0 Å². The van der Waals surface area contributed by atoms with E-state index in [0.29, 0.717) is 12.1 Å². The zero-order valence-corrected chi connectivity index (χ0v) is 12.1. The van der Waals surface area contributed by atoms with Crippen LogP contribution in [-0.4, -0.2) is 13.6 Å². The molecular formula is C17H21FN2. The second-order valence-electron chi connectivity index (χ2n) is 4.86. The molecule has 0 radical (unpaired) electrons. The van der Waals surface area contributed by atoms with Gasteiger partial charge in [-0.1, -0.05) is 43.3 Å². The number of anilines is 1. The molecule has 2 rings (SSSR count). The molecule has 2 aromatic carbocycles. The third-order valence-electron chi connectivity index (χ3n) is 3.33. The van der Waals surface area contributed by atoms with Gasteiger partial charge in [-0.15, -0.1) is 0 Å². The first-order valence-electron chi connectivity index (χ1n) is 6.95. The molecule has 0 amide bonds. The van der Waals surface area contributed by atoms with Crippen LogP contribution in [0.3, 0.4) is 0 Å². The molecule has 0 fully saturated rings. The van der Waals surface area contributed by atoms with E-state index in [4.69, 9.17) is 0 Å². The predicted octanol–water partition coefficient (Wildman–Crippen LogP) is 3.57. The van der Waals surface area contributed by atoms with Crippen LogP contribution in [-0.2, 0) is 13.1 Å². The van der Waals surface area contributed by atoms with Crippen LogP contribution in [0.4, 0.5) is 10.1 Å². The molecule has 0 aliphatic heterocycles. The largest absolute Gasteiger partial charge is 0.370 e. The Hall–Kier alpha value is -1.87. The summed E-state index contributed by atoms with van der Waals surface area (Å²) in [6, 6.07) is 15.2. The van der Waals surface area contributed by atoms with Crippen LogP contribution in [0.15, 0.2) is 48.5 Å². The highest BCUT2D eigenvalue weighted by Gasteiger charge is 2.09. The number of hydrogen-bond acceptors (Lipinski definition) is 2. The van der Waals surface area contributed by atoms with Crippen molar-refractivity contribution in [3.05, 3.63) is 65.5 Å². The van der Waals surface area contributed by atoms with Gasteiger partial charge in [0, 0.05) is 31.4 Å². The number of benzene rings is 2. The Morgan fingerprint density at radius 3 is 2.35 bits per heavy atom. The third-order valence-corrected chi connectivity index (χ3v) is 3.33. The fourth-order valence-electron chi connectivity index (χ4n) is 2.26. The zero-order valence-electron chi connectivity index (χ0n) is 12.1. The van der Waals surface area contributed by atoms with Crippen LogP contribution >= 0.6 is 0 Å². The van der Waals surface area contributed by atoms with Crippen molar-refractivity contribution in [2.45, 2.75) is 20.0 Å². The molecule has 0 aromatic heterocycles. The van der Waals surface area contributed by atoms with Gasteiger partial charge in [0.15, 0.2) is 0 Å². The summed E-state index contributed by atoms with van der Waals surface area (Å²) in [5, 5.41) is 3.33. The van der Waals surface area contributed by atoms with Crippen molar-refractivity contribution >= 4 is 5.69 Å². The maximum atomic E-state index is 13.7. The van der Waals surface area contributed by atoms with E-state index in [1.165, 1.54) is 11.6 Å². The summed E-state index contributed by atoms with van der Waals surface area (Å²) in [5.74, 6) is -0.150. The molecule has 0 aliphatic carbocycles. The molecule has 3 heteroatoms. The van der Waals surface area contributed by atoms with Crippen molar-refractivity contribution in [3.63, 3.8) is 0 Å². The number of hydrogen-bond donors (Lipinski definition) is 1. The molecule has 0 atom stereocenters. The summed E-state index contributed by atoms with van der Waals surface area (Å²) in [6.45, 7) is 4.42. The minimum atomic E-state index is -0.150. The molecule has 2 nitrogen and oxygen atoms in total. The standard InChI is InChI=1S/C17H21FN2/c1-3-19-12-14-8-5-7-11-17(14)20(2)13-15-9-4-6-10-16(15)18/h4-11,19H,3,12-13H2,1-2H3. The minimum Gasteiger partial charge on any atom is -0.370 e. The van der Waals surface area contributed by atoms with Gasteiger partial charge in [0.05, 0.1) is 0 Å². The van der Waals surface area contributed by atoms with E-state index in [1.54, 1.807) is 6.07 Å². The second kappa shape index (κ2) is 7.06. The molecule has 106 valence electrons. The van der Waals surface area contributed by atoms with Crippen molar-refractivity contribution in [2.75, 3.05) is 18.5 Å². The number of halogens is 1. The van der Waals surface area contributed by atoms with Gasteiger partial charge < -0.3 is 10.2 Å². The van der Waals surface area contributed by atoms with E-state index >= 15 is 0 Å². The molecule has 2 aromatic rings. The lowest BCUT2D eigenvalue weighted by atomic mass is 10.1. The quantitative estimate of drug-likeness (QED) is 0.865. The van der Waals surface area contributed by atoms with Gasteiger partial charge in [-0.3, -0.25) is 0 Å². The number of para-hydroxylation sites is 1. The highest BCUT2D eigenvalue weighted by Crippen LogP contribution is 2.21. The van der Waals surface area contributed by atoms with Gasteiger partial charge in [0.2, 0.25) is 0 Å². The Kier molecular flexibility index (Phi) is 5.13. The smallest absolute Gasteiger partial charge is 0.128 e. The van der Waals surface area contributed by atoms with E-state index < -0.39 is 0 Å². The molecule has 1 N–H and O–H groups in total. The highest BCUT2D eigenvalue weighted by atomic mass is 19.1. The summed E-state index contributed by atoms with van der Waals surface area (Å²) < 4.78 is 13.7. The summed E-state index contributed by atoms with van der Waals surface area (Å²) >= 11 is 0. The predicted molar refractivity (Wildman–Crippen MR) is 82.3 cm³/mol. The molecule has 0 bridgehead atoms. The average Bonchev–Trinajstić information content (AvgIpc) is 2.47. The maximum Gasteiger partial charge on any atom is 0.128 e. The summed E-state index contributed by atoms with van der Waals surface area (Å²) in [4.78, 5) is 2.09. The highest BCUT2D eigenvalue weighted by molar-refractivity contribution is 5.53. The molecular weight excluding hydrogens is 251 g/mol. The zero-order chi connectivity index (χ0) is 14.4. The number of rotatable bonds is 6. The first-order valence-corrected chi connectivity index (χ1v) is 6.95. The van der Waals surface area contributed by atoms with Crippen LogP contribution < -0.4 is 10.2 Å². The Morgan fingerprint density at radius 1 is 1.00 bits per heavy atom. The first-order chi connectivity index (χ1) is 9.72. The third kappa shape index (κ3) is 3.58. The lowest BCUT2D eigenvalue weighted by Gasteiger charge is -2.23. The SMILES string of the molecule is CCNCc1ccccc1N(C)Cc1ccccc1F. The van der Waals surface area contributed by atoms with E-state index in [-0.39, 0.29) is 5.82 Å². The molecule has 0 aliphatic rings. The van der Waals surface area contributed by atoms with Gasteiger partial charge in [-0.25, -0.2) is 4.39 Å². The molecule has 0 saturated carbocycles. The average molecular weight is 272 g/mol. The Balaban J connectivity index is 2.16. The van der Waals surface area contributed by atoms with Crippen molar-refractivity contribution in [1.82, 2.24) is 5.32 Å². The second-order valence-corrected chi connectivity index (χ2v) is 4.86. The van der Waals surface area contributed by atoms with Gasteiger partial charge in [-0.05, 0) is 24.2 Å². The van der Waals surface area contributed by atoms with Crippen LogP contribution in [0.1, 0.15) is 18.1 Å². The van der Waals surface area contributed by atoms with Gasteiger partial charge >= 0.3 is 0 Å². The van der Waals surface area contributed by atoms with E-state index in [0.717, 1.165) is 18.8 Å². The fraction of sp³-hybridized carbons (Fsp3) is 0.294. The molecule has 0 heterocycles. The molecule has 0 saturated heterocycles. The van der Waals surface area contributed by atoms with Crippen LogP contribution in [0.5, 0.6) is 0 Å². The summed E-state index contributed by atoms with van der Waals surface area (Å²) in [5.41, 5.74) is 3.08. The normalized spacial score (nSPS) is 10.6. The van der Waals surface area contributed by atoms with Crippen molar-refractivity contribution in [1.29, 1.82) is 0 Å². The van der Waals surface area contributed by atoms with E-state index in [2.05, 4.69) is 29.3 Å². The fourth-order valence-corrected chi connectivity index (χ4v) is 2.26. The van der Waals surface area contributed by atoms with Crippen LogP contribution in [0.25, 0.3) is 0 Å². The van der Waals surface area contributed by atoms with E-state index in [1.807, 2.05) is 31.3 Å². The lowest BCUT2D eigenvalue weighted by molar-refractivity contribution is 0.607. The lowest BCUT2D eigenvalue weighted by Crippen LogP contribution is -2.21. The number of nitrogens with one attached hydrogen (secondary N) is 1. The monoisotopic (exact) mass is 272 g/mol. The Morgan fingerprint density at radius 2 is 1.65 bits per heavy atom. The summed E-state index contributed by atoms with van der Waals surface area (Å²) in [7, 11) is 2.00. The Bertz CT molecular complexity index is 554. The molecule has 0 spiro atoms. The topological polar surface area (TPSA) is 15.3 Å². The van der Waals surface area contributed by atoms with Gasteiger partial charge in [0.25, 0.3) is 0 Å². The maximum absolute atomic E-state index is 13.7. The van der Waals surface area contributed by atoms with Crippen LogP contribution in [0, 0.1) is 5.82 Å². The van der Waals surface area contributed by atoms with Gasteiger partial charge in [0.1, 0.15) is 5.82 Å². The molecule has 20 heavy (non-hydrogen) atoms. The van der Waals surface area contributed by atoms with Gasteiger partial charge in [-0.2, -0.15) is 0 Å². The number of nitrogens with zero attached hydrogens (tertiary/aromatic N) is 1. The summed E-state index contributed by atoms with van der Waals surface area (Å²) in [6.07, 6.45) is 0. The minimum absolute atomic E-state index is 0.150. The molecule has 0 unspecified atom stereocenters. The van der Waals surface area contributed by atoms with Crippen molar-refractivity contribution < 1.29 is 4.39 Å². The van der Waals surface area contributed by atoms with E-state index in [9.17, 15) is 4.39 Å². The van der Waals surface area contributed by atoms with Crippen molar-refractivity contribution in [2.24, 2.45) is 0 Å². The van der Waals surface area contributed by atoms with Crippen LogP contribution in [0.2, 0.25) is 0 Å². The first kappa shape index (κ1) is 14.5. The Labute approximate surface area is 120 Å².